The topological polar surface area (TPSA) is 77.5 Å². The second-order valence-electron chi connectivity index (χ2n) is 6.05. The van der Waals surface area contributed by atoms with Crippen molar-refractivity contribution >= 4 is 11.3 Å². The summed E-state index contributed by atoms with van der Waals surface area (Å²) in [5.41, 5.74) is 7.96. The van der Waals surface area contributed by atoms with Gasteiger partial charge >= 0.3 is 0 Å². The maximum atomic E-state index is 6.02. The van der Waals surface area contributed by atoms with E-state index in [2.05, 4.69) is 35.3 Å². The molecule has 114 valence electrons. The minimum atomic E-state index is -0.130. The van der Waals surface area contributed by atoms with Crippen LogP contribution in [0.2, 0.25) is 0 Å². The first-order valence-electron chi connectivity index (χ1n) is 7.54. The van der Waals surface area contributed by atoms with E-state index in [1.807, 2.05) is 10.7 Å². The van der Waals surface area contributed by atoms with Gasteiger partial charge in [0.2, 0.25) is 0 Å². The van der Waals surface area contributed by atoms with Crippen molar-refractivity contribution in [2.45, 2.75) is 38.1 Å². The fraction of sp³-hybridized carbons (Fsp3) is 0.600. The summed E-state index contributed by atoms with van der Waals surface area (Å²) in [6, 6.07) is 2.10. The molecular weight excluding hydrogens is 266 g/mol. The summed E-state index contributed by atoms with van der Waals surface area (Å²) in [4.78, 5) is 4.50. The van der Waals surface area contributed by atoms with Crippen LogP contribution in [0, 0.1) is 0 Å². The minimum Gasteiger partial charge on any atom is -0.381 e. The maximum Gasteiger partial charge on any atom is 0.152 e. The van der Waals surface area contributed by atoms with Gasteiger partial charge in [0.15, 0.2) is 5.82 Å². The number of hydrogen-bond donors (Lipinski definition) is 2. The fourth-order valence-electron chi connectivity index (χ4n) is 2.71. The quantitative estimate of drug-likeness (QED) is 0.897. The molecule has 0 unspecified atom stereocenters. The van der Waals surface area contributed by atoms with Crippen LogP contribution in [0.4, 0.5) is 5.82 Å². The molecule has 0 aromatic carbocycles. The Labute approximate surface area is 124 Å². The van der Waals surface area contributed by atoms with Gasteiger partial charge in [-0.3, -0.25) is 0 Å². The van der Waals surface area contributed by atoms with Crippen LogP contribution in [0.3, 0.4) is 0 Å². The van der Waals surface area contributed by atoms with Gasteiger partial charge in [-0.1, -0.05) is 13.8 Å². The van der Waals surface area contributed by atoms with Gasteiger partial charge in [0.25, 0.3) is 0 Å². The van der Waals surface area contributed by atoms with E-state index < -0.39 is 0 Å². The van der Waals surface area contributed by atoms with E-state index >= 15 is 0 Å². The second-order valence-corrected chi connectivity index (χ2v) is 6.05. The van der Waals surface area contributed by atoms with Crippen LogP contribution < -0.4 is 11.1 Å². The molecule has 0 radical (unpaired) electrons. The molecule has 0 saturated carbocycles. The lowest BCUT2D eigenvalue weighted by Gasteiger charge is -2.37. The van der Waals surface area contributed by atoms with E-state index in [-0.39, 0.29) is 5.54 Å². The number of nitrogens with one attached hydrogen (secondary N) is 1. The van der Waals surface area contributed by atoms with Gasteiger partial charge in [0.1, 0.15) is 5.52 Å². The molecule has 3 N–H and O–H groups in total. The Morgan fingerprint density at radius 1 is 1.43 bits per heavy atom. The Bertz CT molecular complexity index is 616. The highest BCUT2D eigenvalue weighted by atomic mass is 16.5. The number of nitrogens with two attached hydrogens (primary N) is 1. The van der Waals surface area contributed by atoms with E-state index in [0.717, 1.165) is 43.1 Å². The van der Waals surface area contributed by atoms with Crippen molar-refractivity contribution in [1.82, 2.24) is 14.6 Å². The molecule has 6 heteroatoms. The molecule has 1 aliphatic rings. The second kappa shape index (κ2) is 5.61. The summed E-state index contributed by atoms with van der Waals surface area (Å²) in [6.07, 6.45) is 5.45. The lowest BCUT2D eigenvalue weighted by molar-refractivity contribution is 0.0627. The van der Waals surface area contributed by atoms with Crippen LogP contribution in [-0.2, 0) is 4.74 Å². The summed E-state index contributed by atoms with van der Waals surface area (Å²) in [6.45, 7) is 6.34. The Hall–Kier alpha value is -1.66. The predicted molar refractivity (Wildman–Crippen MR) is 82.5 cm³/mol. The van der Waals surface area contributed by atoms with Crippen molar-refractivity contribution in [3.63, 3.8) is 0 Å². The third-order valence-electron chi connectivity index (χ3n) is 4.22. The van der Waals surface area contributed by atoms with Gasteiger partial charge in [0.05, 0.1) is 11.2 Å². The number of hydrogen-bond acceptors (Lipinski definition) is 5. The zero-order valence-corrected chi connectivity index (χ0v) is 12.7. The smallest absolute Gasteiger partial charge is 0.152 e. The van der Waals surface area contributed by atoms with Gasteiger partial charge in [0, 0.05) is 32.2 Å². The molecular formula is C15H23N5O. The molecule has 2 aromatic heterocycles. The van der Waals surface area contributed by atoms with Crippen molar-refractivity contribution in [2.75, 3.05) is 25.1 Å². The van der Waals surface area contributed by atoms with Crippen LogP contribution >= 0.6 is 0 Å². The summed E-state index contributed by atoms with van der Waals surface area (Å²) in [5, 5.41) is 8.16. The minimum absolute atomic E-state index is 0.130. The van der Waals surface area contributed by atoms with E-state index in [9.17, 15) is 0 Å². The molecule has 1 fully saturated rings. The van der Waals surface area contributed by atoms with Crippen molar-refractivity contribution in [2.24, 2.45) is 5.73 Å². The molecule has 2 aromatic rings. The molecule has 1 aliphatic heterocycles. The summed E-state index contributed by atoms with van der Waals surface area (Å²) in [5.74, 6) is 1.24. The van der Waals surface area contributed by atoms with Crippen molar-refractivity contribution in [3.05, 3.63) is 24.2 Å². The maximum absolute atomic E-state index is 6.02. The Morgan fingerprint density at radius 2 is 2.19 bits per heavy atom. The first-order valence-corrected chi connectivity index (χ1v) is 7.54. The molecule has 6 nitrogen and oxygen atoms in total. The van der Waals surface area contributed by atoms with E-state index in [1.165, 1.54) is 0 Å². The summed E-state index contributed by atoms with van der Waals surface area (Å²) >= 11 is 0. The highest BCUT2D eigenvalue weighted by Gasteiger charge is 2.32. The lowest BCUT2D eigenvalue weighted by Crippen LogP contribution is -2.49. The third-order valence-corrected chi connectivity index (χ3v) is 4.22. The van der Waals surface area contributed by atoms with Gasteiger partial charge < -0.3 is 15.8 Å². The van der Waals surface area contributed by atoms with Crippen LogP contribution in [0.1, 0.15) is 38.3 Å². The average Bonchev–Trinajstić information content (AvgIpc) is 2.94. The normalized spacial score (nSPS) is 18.3. The zero-order chi connectivity index (χ0) is 14.9. The number of aromatic nitrogens is 3. The third kappa shape index (κ3) is 2.73. The van der Waals surface area contributed by atoms with Crippen molar-refractivity contribution < 1.29 is 4.74 Å². The van der Waals surface area contributed by atoms with E-state index in [0.29, 0.717) is 12.5 Å². The first-order chi connectivity index (χ1) is 10.1. The van der Waals surface area contributed by atoms with Crippen molar-refractivity contribution in [1.29, 1.82) is 0 Å². The molecule has 0 aliphatic carbocycles. The summed E-state index contributed by atoms with van der Waals surface area (Å²) < 4.78 is 7.34. The van der Waals surface area contributed by atoms with E-state index in [4.69, 9.17) is 10.5 Å². The molecule has 0 atom stereocenters. The van der Waals surface area contributed by atoms with Crippen molar-refractivity contribution in [3.8, 4) is 0 Å². The van der Waals surface area contributed by atoms with Crippen LogP contribution in [-0.4, -0.2) is 39.9 Å². The zero-order valence-electron chi connectivity index (χ0n) is 12.7. The lowest BCUT2D eigenvalue weighted by atomic mass is 9.90. The molecule has 0 amide bonds. The average molecular weight is 289 g/mol. The highest BCUT2D eigenvalue weighted by molar-refractivity contribution is 5.68. The van der Waals surface area contributed by atoms with Gasteiger partial charge in [-0.25, -0.2) is 9.50 Å². The van der Waals surface area contributed by atoms with Crippen LogP contribution in [0.5, 0.6) is 0 Å². The summed E-state index contributed by atoms with van der Waals surface area (Å²) in [7, 11) is 0. The fourth-order valence-corrected chi connectivity index (χ4v) is 2.71. The number of fused-ring (bicyclic) bond motifs is 1. The number of anilines is 1. The molecule has 21 heavy (non-hydrogen) atoms. The van der Waals surface area contributed by atoms with Gasteiger partial charge in [-0.05, 0) is 24.8 Å². The highest BCUT2D eigenvalue weighted by Crippen LogP contribution is 2.27. The van der Waals surface area contributed by atoms with Gasteiger partial charge in [-0.15, -0.1) is 0 Å². The molecule has 0 spiro atoms. The Balaban J connectivity index is 1.96. The Morgan fingerprint density at radius 3 is 2.86 bits per heavy atom. The number of nitrogens with zero attached hydrogens (tertiary/aromatic N) is 3. The molecule has 1 saturated heterocycles. The molecule has 3 rings (SSSR count). The Kier molecular flexibility index (Phi) is 3.82. The predicted octanol–water partition coefficient (Wildman–Crippen LogP) is 1.77. The largest absolute Gasteiger partial charge is 0.381 e. The monoisotopic (exact) mass is 289 g/mol. The number of rotatable bonds is 4. The SMILES string of the molecule is CC(C)c1cc2c(NC3(CN)CCOCC3)nccn2n1. The van der Waals surface area contributed by atoms with Gasteiger partial charge in [-0.2, -0.15) is 5.10 Å². The van der Waals surface area contributed by atoms with Crippen LogP contribution in [0.25, 0.3) is 5.52 Å². The molecule has 3 heterocycles. The van der Waals surface area contributed by atoms with E-state index in [1.54, 1.807) is 6.20 Å². The number of ether oxygens (including phenoxy) is 1. The first kappa shape index (κ1) is 14.3. The van der Waals surface area contributed by atoms with Crippen LogP contribution in [0.15, 0.2) is 18.5 Å². The molecule has 0 bridgehead atoms. The standard InChI is InChI=1S/C15H23N5O/c1-11(2)12-9-13-14(17-5-6-20(13)19-12)18-15(10-16)3-7-21-8-4-15/h5-6,9,11H,3-4,7-8,10,16H2,1-2H3,(H,17,18).